The van der Waals surface area contributed by atoms with Crippen molar-refractivity contribution in [1.29, 1.82) is 0 Å². The molecular weight excluding hydrogens is 736 g/mol. The first-order valence-corrected chi connectivity index (χ1v) is 15.5. The number of aromatic nitrogens is 4. The van der Waals surface area contributed by atoms with Crippen LogP contribution in [0.4, 0.5) is 0 Å². The number of pyridine rings is 1. The Morgan fingerprint density at radius 2 is 1.53 bits per heavy atom. The van der Waals surface area contributed by atoms with Gasteiger partial charge in [0.25, 0.3) is 0 Å². The standard InChI is InChI=1S/C39H30N4O.Pt/c1-25-20-21-40-36(22-25)42-34-13-6-5-12-32(34)33-19-18-31(24-35(33)42)44-30-11-7-10-29(23-30)43-39(28-16-17-28)37(26-8-3-2-4-9-26)38(41-43)27-14-15-27;/h2-13,18-22,27-28H,14-17H2,1H3;/q-2;+2. The fourth-order valence-corrected chi connectivity index (χ4v) is 6.46. The van der Waals surface area contributed by atoms with Crippen LogP contribution in [0.5, 0.6) is 11.5 Å². The molecule has 0 aliphatic heterocycles. The molecule has 6 heteroatoms. The normalized spacial score (nSPS) is 14.5. The van der Waals surface area contributed by atoms with E-state index in [1.54, 1.807) is 0 Å². The van der Waals surface area contributed by atoms with Crippen LogP contribution in [-0.2, 0) is 21.1 Å². The second-order valence-electron chi connectivity index (χ2n) is 12.1. The summed E-state index contributed by atoms with van der Waals surface area (Å²) in [5.74, 6) is 3.20. The van der Waals surface area contributed by atoms with Crippen molar-refractivity contribution < 1.29 is 25.8 Å². The molecule has 2 fully saturated rings. The van der Waals surface area contributed by atoms with Gasteiger partial charge in [-0.25, -0.2) is 4.98 Å². The van der Waals surface area contributed by atoms with Crippen molar-refractivity contribution in [2.75, 3.05) is 0 Å². The zero-order valence-electron chi connectivity index (χ0n) is 24.8. The minimum atomic E-state index is 0. The molecular formula is C39H30N4OPt. The molecule has 0 radical (unpaired) electrons. The summed E-state index contributed by atoms with van der Waals surface area (Å²) < 4.78 is 10.8. The third-order valence-corrected chi connectivity index (χ3v) is 8.83. The fraction of sp³-hybridized carbons (Fsp3) is 0.179. The number of rotatable bonds is 7. The third kappa shape index (κ3) is 5.00. The van der Waals surface area contributed by atoms with Crippen LogP contribution in [0.1, 0.15) is 54.5 Å². The average Bonchev–Trinajstić information content (AvgIpc) is 4.00. The maximum absolute atomic E-state index is 6.47. The summed E-state index contributed by atoms with van der Waals surface area (Å²) in [6.07, 6.45) is 6.67. The van der Waals surface area contributed by atoms with Crippen molar-refractivity contribution >= 4 is 21.8 Å². The van der Waals surface area contributed by atoms with Crippen molar-refractivity contribution in [2.24, 2.45) is 0 Å². The zero-order valence-corrected chi connectivity index (χ0v) is 27.1. The van der Waals surface area contributed by atoms with E-state index < -0.39 is 0 Å². The quantitative estimate of drug-likeness (QED) is 0.152. The average molecular weight is 766 g/mol. The van der Waals surface area contributed by atoms with E-state index in [1.165, 1.54) is 48.2 Å². The molecule has 7 aromatic rings. The Balaban J connectivity index is 0.00000300. The molecule has 4 aromatic carbocycles. The van der Waals surface area contributed by atoms with Crippen LogP contribution < -0.4 is 4.74 Å². The van der Waals surface area contributed by atoms with Gasteiger partial charge >= 0.3 is 21.1 Å². The van der Waals surface area contributed by atoms with Gasteiger partial charge in [0.15, 0.2) is 0 Å². The van der Waals surface area contributed by atoms with Crippen LogP contribution in [0.3, 0.4) is 0 Å². The van der Waals surface area contributed by atoms with E-state index in [0.29, 0.717) is 23.3 Å². The van der Waals surface area contributed by atoms with Gasteiger partial charge in [-0.05, 0) is 73.0 Å². The Morgan fingerprint density at radius 3 is 2.33 bits per heavy atom. The summed E-state index contributed by atoms with van der Waals surface area (Å²) in [7, 11) is 0. The molecule has 0 spiro atoms. The summed E-state index contributed by atoms with van der Waals surface area (Å²) >= 11 is 0. The van der Waals surface area contributed by atoms with Gasteiger partial charge in [-0.2, -0.15) is 17.2 Å². The van der Waals surface area contributed by atoms with Gasteiger partial charge < -0.3 is 9.30 Å². The van der Waals surface area contributed by atoms with Crippen molar-refractivity contribution in [1.82, 2.24) is 19.3 Å². The van der Waals surface area contributed by atoms with Crippen LogP contribution in [-0.4, -0.2) is 19.3 Å². The number of ether oxygens (including phenoxy) is 1. The largest absolute Gasteiger partial charge is 2.00 e. The first kappa shape index (κ1) is 28.0. The van der Waals surface area contributed by atoms with Gasteiger partial charge in [-0.15, -0.1) is 35.7 Å². The number of para-hydroxylation sites is 1. The number of benzene rings is 4. The molecule has 2 aliphatic rings. The van der Waals surface area contributed by atoms with E-state index in [4.69, 9.17) is 14.8 Å². The molecule has 2 saturated carbocycles. The molecule has 3 aromatic heterocycles. The second kappa shape index (κ2) is 11.2. The van der Waals surface area contributed by atoms with Crippen molar-refractivity contribution in [3.05, 3.63) is 132 Å². The van der Waals surface area contributed by atoms with Crippen LogP contribution in [0.25, 0.3) is 44.4 Å². The van der Waals surface area contributed by atoms with E-state index in [2.05, 4.69) is 101 Å². The maximum Gasteiger partial charge on any atom is 2.00 e. The molecule has 0 unspecified atom stereocenters. The number of nitrogens with zero attached hydrogens (tertiary/aromatic N) is 4. The van der Waals surface area contributed by atoms with Gasteiger partial charge in [-0.3, -0.25) is 4.68 Å². The molecule has 2 aliphatic carbocycles. The first-order valence-electron chi connectivity index (χ1n) is 15.5. The molecule has 0 bridgehead atoms. The Kier molecular flexibility index (Phi) is 6.95. The Labute approximate surface area is 276 Å². The van der Waals surface area contributed by atoms with Crippen LogP contribution in [0.2, 0.25) is 0 Å². The molecule has 0 amide bonds. The SMILES string of the molecule is Cc1ccnc(-n2c3[c-]c(Oc4[c-]c(-n5nc(C6CC6)c(-c6ccccc6)c5C5CC5)ccc4)ccc3c3ccccc32)c1.[Pt+2]. The van der Waals surface area contributed by atoms with Crippen LogP contribution in [0, 0.1) is 19.1 Å². The number of hydrogen-bond donors (Lipinski definition) is 0. The predicted molar refractivity (Wildman–Crippen MR) is 174 cm³/mol. The van der Waals surface area contributed by atoms with Gasteiger partial charge in [-0.1, -0.05) is 54.0 Å². The molecule has 3 heterocycles. The smallest absolute Gasteiger partial charge is 0.509 e. The Hall–Kier alpha value is -4.47. The van der Waals surface area contributed by atoms with E-state index >= 15 is 0 Å². The number of fused-ring (bicyclic) bond motifs is 3. The molecule has 45 heavy (non-hydrogen) atoms. The molecule has 0 saturated heterocycles. The Morgan fingerprint density at radius 1 is 0.756 bits per heavy atom. The van der Waals surface area contributed by atoms with Gasteiger partial charge in [0.2, 0.25) is 0 Å². The minimum Gasteiger partial charge on any atom is -0.509 e. The molecule has 0 atom stereocenters. The molecule has 9 rings (SSSR count). The fourth-order valence-electron chi connectivity index (χ4n) is 6.46. The van der Waals surface area contributed by atoms with Crippen LogP contribution in [0.15, 0.2) is 103 Å². The minimum absolute atomic E-state index is 0. The topological polar surface area (TPSA) is 44.9 Å². The van der Waals surface area contributed by atoms with Gasteiger partial charge in [0.05, 0.1) is 11.4 Å². The Bertz CT molecular complexity index is 2190. The summed E-state index contributed by atoms with van der Waals surface area (Å²) in [4.78, 5) is 4.70. The number of hydrogen-bond acceptors (Lipinski definition) is 3. The summed E-state index contributed by atoms with van der Waals surface area (Å²) in [6.45, 7) is 2.09. The van der Waals surface area contributed by atoms with Gasteiger partial charge in [0, 0.05) is 40.6 Å². The number of aryl methyl sites for hydroxylation is 1. The first-order chi connectivity index (χ1) is 21.7. The zero-order chi connectivity index (χ0) is 29.2. The monoisotopic (exact) mass is 765 g/mol. The molecule has 0 N–H and O–H groups in total. The molecule has 222 valence electrons. The van der Waals surface area contributed by atoms with Crippen molar-refractivity contribution in [3.8, 4) is 34.1 Å². The van der Waals surface area contributed by atoms with Gasteiger partial charge in [0.1, 0.15) is 5.82 Å². The van der Waals surface area contributed by atoms with Crippen LogP contribution >= 0.6 is 0 Å². The third-order valence-electron chi connectivity index (χ3n) is 8.83. The van der Waals surface area contributed by atoms with E-state index in [9.17, 15) is 0 Å². The van der Waals surface area contributed by atoms with E-state index in [-0.39, 0.29) is 21.1 Å². The second-order valence-corrected chi connectivity index (χ2v) is 12.1. The maximum atomic E-state index is 6.47. The molecule has 5 nitrogen and oxygen atoms in total. The summed E-state index contributed by atoms with van der Waals surface area (Å²) in [6, 6.07) is 40.6. The van der Waals surface area contributed by atoms with E-state index in [1.807, 2.05) is 30.5 Å². The van der Waals surface area contributed by atoms with Crippen molar-refractivity contribution in [3.63, 3.8) is 0 Å². The summed E-state index contributed by atoms with van der Waals surface area (Å²) in [5.41, 5.74) is 9.22. The van der Waals surface area contributed by atoms with E-state index in [0.717, 1.165) is 38.9 Å². The summed E-state index contributed by atoms with van der Waals surface area (Å²) in [5, 5.41) is 7.53. The predicted octanol–water partition coefficient (Wildman–Crippen LogP) is 9.48. The van der Waals surface area contributed by atoms with Crippen molar-refractivity contribution in [2.45, 2.75) is 44.4 Å².